The fraction of sp³-hybridized carbons (Fsp3) is 0.500. The van der Waals surface area contributed by atoms with E-state index in [0.29, 0.717) is 5.54 Å². The number of aromatic nitrogens is 1. The molecule has 0 unspecified atom stereocenters. The van der Waals surface area contributed by atoms with Crippen LogP contribution < -0.4 is 5.32 Å². The first-order valence-electron chi connectivity index (χ1n) is 4.47. The zero-order valence-electron chi connectivity index (χ0n) is 7.38. The van der Waals surface area contributed by atoms with Crippen molar-refractivity contribution in [2.45, 2.75) is 31.7 Å². The van der Waals surface area contributed by atoms with Crippen molar-refractivity contribution >= 4 is 5.69 Å². The fourth-order valence-electron chi connectivity index (χ4n) is 1.62. The molecule has 1 aliphatic rings. The molecule has 0 aromatic carbocycles. The van der Waals surface area contributed by atoms with E-state index < -0.39 is 0 Å². The predicted molar refractivity (Wildman–Crippen MR) is 50.1 cm³/mol. The van der Waals surface area contributed by atoms with E-state index in [9.17, 15) is 0 Å². The lowest BCUT2D eigenvalue weighted by atomic mass is 9.78. The van der Waals surface area contributed by atoms with Gasteiger partial charge in [0.15, 0.2) is 0 Å². The van der Waals surface area contributed by atoms with Gasteiger partial charge in [-0.25, -0.2) is 0 Å². The second-order valence-electron chi connectivity index (χ2n) is 3.78. The quantitative estimate of drug-likeness (QED) is 0.722. The van der Waals surface area contributed by atoms with Crippen LogP contribution in [0.25, 0.3) is 0 Å². The third-order valence-corrected chi connectivity index (χ3v) is 2.58. The van der Waals surface area contributed by atoms with Gasteiger partial charge in [0.25, 0.3) is 0 Å². The molecule has 0 amide bonds. The van der Waals surface area contributed by atoms with Gasteiger partial charge in [-0.3, -0.25) is 4.98 Å². The molecule has 2 rings (SSSR count). The van der Waals surface area contributed by atoms with Crippen molar-refractivity contribution < 1.29 is 0 Å². The highest BCUT2D eigenvalue weighted by atomic mass is 15.0. The van der Waals surface area contributed by atoms with Gasteiger partial charge in [0.05, 0.1) is 0 Å². The second kappa shape index (κ2) is 2.77. The Morgan fingerprint density at radius 2 is 2.00 bits per heavy atom. The Balaban J connectivity index is 2.04. The second-order valence-corrected chi connectivity index (χ2v) is 3.78. The Hall–Kier alpha value is -1.05. The molecule has 1 aromatic heterocycles. The molecule has 1 aliphatic carbocycles. The van der Waals surface area contributed by atoms with Gasteiger partial charge in [0.1, 0.15) is 0 Å². The number of rotatable bonds is 2. The van der Waals surface area contributed by atoms with Gasteiger partial charge in [0.2, 0.25) is 0 Å². The predicted octanol–water partition coefficient (Wildman–Crippen LogP) is 2.44. The number of anilines is 1. The Kier molecular flexibility index (Phi) is 1.75. The van der Waals surface area contributed by atoms with E-state index in [1.807, 2.05) is 24.5 Å². The summed E-state index contributed by atoms with van der Waals surface area (Å²) in [5.74, 6) is 0. The standard InChI is InChI=1S/C10H14N2/c1-10(5-2-6-10)12-9-3-7-11-8-4-9/h3-4,7-8H,2,5-6H2,1H3,(H,11,12). The summed E-state index contributed by atoms with van der Waals surface area (Å²) < 4.78 is 0. The smallest absolute Gasteiger partial charge is 0.0375 e. The van der Waals surface area contributed by atoms with E-state index in [0.717, 1.165) is 0 Å². The van der Waals surface area contributed by atoms with Crippen molar-refractivity contribution in [2.24, 2.45) is 0 Å². The Labute approximate surface area is 73.0 Å². The molecule has 0 radical (unpaired) electrons. The van der Waals surface area contributed by atoms with Crippen LogP contribution >= 0.6 is 0 Å². The van der Waals surface area contributed by atoms with E-state index in [1.54, 1.807) is 0 Å². The molecule has 2 heteroatoms. The van der Waals surface area contributed by atoms with Gasteiger partial charge in [-0.1, -0.05) is 0 Å². The van der Waals surface area contributed by atoms with Gasteiger partial charge in [-0.2, -0.15) is 0 Å². The van der Waals surface area contributed by atoms with Crippen LogP contribution in [0.2, 0.25) is 0 Å². The van der Waals surface area contributed by atoms with Gasteiger partial charge in [0, 0.05) is 23.6 Å². The van der Waals surface area contributed by atoms with E-state index in [-0.39, 0.29) is 0 Å². The first-order chi connectivity index (χ1) is 5.79. The highest BCUT2D eigenvalue weighted by molar-refractivity contribution is 5.44. The third kappa shape index (κ3) is 1.42. The van der Waals surface area contributed by atoms with Crippen LogP contribution in [-0.4, -0.2) is 10.5 Å². The maximum atomic E-state index is 3.98. The molecule has 0 bridgehead atoms. The van der Waals surface area contributed by atoms with Gasteiger partial charge < -0.3 is 5.32 Å². The largest absolute Gasteiger partial charge is 0.380 e. The average Bonchev–Trinajstić information content (AvgIpc) is 2.04. The highest BCUT2D eigenvalue weighted by Gasteiger charge is 2.31. The Morgan fingerprint density at radius 1 is 1.33 bits per heavy atom. The van der Waals surface area contributed by atoms with Crippen molar-refractivity contribution in [3.8, 4) is 0 Å². The van der Waals surface area contributed by atoms with Crippen molar-refractivity contribution in [3.05, 3.63) is 24.5 Å². The molecule has 1 heterocycles. The summed E-state index contributed by atoms with van der Waals surface area (Å²) in [6, 6.07) is 4.03. The van der Waals surface area contributed by atoms with E-state index in [1.165, 1.54) is 24.9 Å². The average molecular weight is 162 g/mol. The molecule has 0 aliphatic heterocycles. The van der Waals surface area contributed by atoms with Crippen LogP contribution in [0, 0.1) is 0 Å². The Bertz CT molecular complexity index is 252. The lowest BCUT2D eigenvalue weighted by Gasteiger charge is -2.40. The van der Waals surface area contributed by atoms with Crippen molar-refractivity contribution in [2.75, 3.05) is 5.32 Å². The SMILES string of the molecule is CC1(Nc2ccncc2)CCC1. The highest BCUT2D eigenvalue weighted by Crippen LogP contribution is 2.34. The van der Waals surface area contributed by atoms with Crippen LogP contribution in [0.15, 0.2) is 24.5 Å². The van der Waals surface area contributed by atoms with Gasteiger partial charge >= 0.3 is 0 Å². The van der Waals surface area contributed by atoms with Crippen molar-refractivity contribution in [1.82, 2.24) is 4.98 Å². The molecule has 1 aromatic rings. The normalized spacial score (nSPS) is 19.8. The zero-order chi connectivity index (χ0) is 8.44. The molecule has 0 saturated heterocycles. The maximum absolute atomic E-state index is 3.98. The number of hydrogen-bond donors (Lipinski definition) is 1. The molecule has 0 spiro atoms. The first-order valence-corrected chi connectivity index (χ1v) is 4.47. The molecule has 2 nitrogen and oxygen atoms in total. The van der Waals surface area contributed by atoms with Crippen LogP contribution in [-0.2, 0) is 0 Å². The first kappa shape index (κ1) is 7.59. The van der Waals surface area contributed by atoms with Crippen LogP contribution in [0.3, 0.4) is 0 Å². The lowest BCUT2D eigenvalue weighted by molar-refractivity contribution is 0.306. The lowest BCUT2D eigenvalue weighted by Crippen LogP contribution is -2.41. The Morgan fingerprint density at radius 3 is 2.50 bits per heavy atom. The van der Waals surface area contributed by atoms with E-state index >= 15 is 0 Å². The van der Waals surface area contributed by atoms with Crippen LogP contribution in [0.4, 0.5) is 5.69 Å². The third-order valence-electron chi connectivity index (χ3n) is 2.58. The molecule has 1 N–H and O–H groups in total. The monoisotopic (exact) mass is 162 g/mol. The summed E-state index contributed by atoms with van der Waals surface area (Å²) >= 11 is 0. The molecule has 64 valence electrons. The number of nitrogens with zero attached hydrogens (tertiary/aromatic N) is 1. The van der Waals surface area contributed by atoms with E-state index in [2.05, 4.69) is 17.2 Å². The number of nitrogens with one attached hydrogen (secondary N) is 1. The minimum atomic E-state index is 0.349. The maximum Gasteiger partial charge on any atom is 0.0375 e. The van der Waals surface area contributed by atoms with Crippen LogP contribution in [0.5, 0.6) is 0 Å². The molecule has 1 saturated carbocycles. The summed E-state index contributed by atoms with van der Waals surface area (Å²) in [6.07, 6.45) is 7.58. The zero-order valence-corrected chi connectivity index (χ0v) is 7.38. The summed E-state index contributed by atoms with van der Waals surface area (Å²) in [4.78, 5) is 3.98. The van der Waals surface area contributed by atoms with Crippen molar-refractivity contribution in [3.63, 3.8) is 0 Å². The summed E-state index contributed by atoms with van der Waals surface area (Å²) in [6.45, 7) is 2.27. The molecular weight excluding hydrogens is 148 g/mol. The molecular formula is C10H14N2. The fourth-order valence-corrected chi connectivity index (χ4v) is 1.62. The van der Waals surface area contributed by atoms with Crippen LogP contribution in [0.1, 0.15) is 26.2 Å². The molecule has 0 atom stereocenters. The minimum absolute atomic E-state index is 0.349. The topological polar surface area (TPSA) is 24.9 Å². The molecule has 12 heavy (non-hydrogen) atoms. The van der Waals surface area contributed by atoms with E-state index in [4.69, 9.17) is 0 Å². The summed E-state index contributed by atoms with van der Waals surface area (Å²) in [5, 5.41) is 3.51. The summed E-state index contributed by atoms with van der Waals surface area (Å²) in [7, 11) is 0. The summed E-state index contributed by atoms with van der Waals surface area (Å²) in [5.41, 5.74) is 1.54. The molecule has 1 fully saturated rings. The van der Waals surface area contributed by atoms with Crippen molar-refractivity contribution in [1.29, 1.82) is 0 Å². The minimum Gasteiger partial charge on any atom is -0.380 e. The number of pyridine rings is 1. The van der Waals surface area contributed by atoms with Gasteiger partial charge in [-0.15, -0.1) is 0 Å². The number of hydrogen-bond acceptors (Lipinski definition) is 2. The van der Waals surface area contributed by atoms with Gasteiger partial charge in [-0.05, 0) is 38.3 Å².